The number of ether oxygens (including phenoxy) is 3. The number of phenols is 1. The topological polar surface area (TPSA) is 87.8 Å². The Morgan fingerprint density at radius 2 is 1.43 bits per heavy atom. The Labute approximate surface area is 304 Å². The normalized spacial score (nSPS) is 16.7. The van der Waals surface area contributed by atoms with Crippen molar-refractivity contribution in [1.82, 2.24) is 14.7 Å². The first kappa shape index (κ1) is 38.7. The SMILES string of the molecule is COc1c(OCCCCN2CCC(N(C)C)C2)cc2oc3cc(OCCCCN4CCCC4)c(CC=C(C)C)c(O)c3c(=O)c2c1CC=C(C)C. The van der Waals surface area contributed by atoms with E-state index in [0.29, 0.717) is 77.0 Å². The van der Waals surface area contributed by atoms with Crippen molar-refractivity contribution >= 4 is 21.9 Å². The van der Waals surface area contributed by atoms with E-state index in [1.165, 1.54) is 32.4 Å². The molecule has 3 aromatic rings. The van der Waals surface area contributed by atoms with Gasteiger partial charge in [-0.3, -0.25) is 4.79 Å². The van der Waals surface area contributed by atoms with Crippen LogP contribution >= 0.6 is 0 Å². The van der Waals surface area contributed by atoms with Crippen molar-refractivity contribution in [3.8, 4) is 23.0 Å². The number of likely N-dealkylation sites (N-methyl/N-ethyl adjacent to an activating group) is 1. The van der Waals surface area contributed by atoms with Gasteiger partial charge in [-0.15, -0.1) is 0 Å². The zero-order chi connectivity index (χ0) is 36.5. The van der Waals surface area contributed by atoms with Crippen LogP contribution in [0.15, 0.2) is 44.6 Å². The number of aromatic hydroxyl groups is 1. The fourth-order valence-corrected chi connectivity index (χ4v) is 7.35. The van der Waals surface area contributed by atoms with E-state index in [9.17, 15) is 9.90 Å². The molecule has 9 nitrogen and oxygen atoms in total. The van der Waals surface area contributed by atoms with Gasteiger partial charge in [-0.05, 0) is 132 Å². The van der Waals surface area contributed by atoms with Crippen LogP contribution in [0.2, 0.25) is 0 Å². The van der Waals surface area contributed by atoms with Gasteiger partial charge in [0.05, 0.1) is 25.7 Å². The summed E-state index contributed by atoms with van der Waals surface area (Å²) >= 11 is 0. The molecule has 5 rings (SSSR count). The van der Waals surface area contributed by atoms with Gasteiger partial charge in [-0.1, -0.05) is 23.3 Å². The molecule has 2 aliphatic rings. The highest BCUT2D eigenvalue weighted by Crippen LogP contribution is 2.42. The molecular formula is C42H61N3O6. The summed E-state index contributed by atoms with van der Waals surface area (Å²) in [6.07, 6.45) is 12.7. The average molecular weight is 704 g/mol. The van der Waals surface area contributed by atoms with Gasteiger partial charge in [0.1, 0.15) is 28.1 Å². The Hall–Kier alpha value is -3.53. The summed E-state index contributed by atoms with van der Waals surface area (Å²) in [5.74, 6) is 1.54. The molecule has 280 valence electrons. The van der Waals surface area contributed by atoms with Gasteiger partial charge in [0.2, 0.25) is 5.43 Å². The summed E-state index contributed by atoms with van der Waals surface area (Å²) in [4.78, 5) is 21.8. The quantitative estimate of drug-likeness (QED) is 0.0813. The van der Waals surface area contributed by atoms with Crippen molar-refractivity contribution in [3.05, 3.63) is 56.8 Å². The van der Waals surface area contributed by atoms with Gasteiger partial charge in [-0.2, -0.15) is 0 Å². The number of fused-ring (bicyclic) bond motifs is 2. The highest BCUT2D eigenvalue weighted by molar-refractivity contribution is 5.98. The lowest BCUT2D eigenvalue weighted by Crippen LogP contribution is -2.31. The molecule has 1 aromatic heterocycles. The molecule has 0 amide bonds. The first-order valence-corrected chi connectivity index (χ1v) is 19.1. The highest BCUT2D eigenvalue weighted by atomic mass is 16.5. The minimum atomic E-state index is -0.289. The van der Waals surface area contributed by atoms with E-state index in [1.807, 2.05) is 33.8 Å². The third kappa shape index (κ3) is 9.87. The first-order chi connectivity index (χ1) is 24.6. The molecule has 9 heteroatoms. The number of hydrogen-bond donors (Lipinski definition) is 1. The minimum Gasteiger partial charge on any atom is -0.507 e. The Balaban J connectivity index is 1.45. The van der Waals surface area contributed by atoms with Crippen LogP contribution in [-0.4, -0.2) is 99.5 Å². The van der Waals surface area contributed by atoms with Crippen molar-refractivity contribution < 1.29 is 23.7 Å². The van der Waals surface area contributed by atoms with E-state index >= 15 is 0 Å². The largest absolute Gasteiger partial charge is 0.507 e. The van der Waals surface area contributed by atoms with Crippen molar-refractivity contribution in [2.24, 2.45) is 0 Å². The van der Waals surface area contributed by atoms with Crippen LogP contribution in [0.3, 0.4) is 0 Å². The van der Waals surface area contributed by atoms with Crippen molar-refractivity contribution in [3.63, 3.8) is 0 Å². The van der Waals surface area contributed by atoms with Crippen LogP contribution in [0.25, 0.3) is 21.9 Å². The molecule has 2 aromatic carbocycles. The van der Waals surface area contributed by atoms with E-state index in [-0.39, 0.29) is 16.6 Å². The van der Waals surface area contributed by atoms with Crippen LogP contribution < -0.4 is 19.6 Å². The Morgan fingerprint density at radius 1 is 0.843 bits per heavy atom. The molecule has 0 aliphatic carbocycles. The van der Waals surface area contributed by atoms with Gasteiger partial charge >= 0.3 is 0 Å². The Kier molecular flexibility index (Phi) is 13.9. The van der Waals surface area contributed by atoms with Crippen LogP contribution in [0.5, 0.6) is 23.0 Å². The molecule has 0 spiro atoms. The maximum Gasteiger partial charge on any atom is 0.204 e. The molecule has 1 unspecified atom stereocenters. The molecule has 51 heavy (non-hydrogen) atoms. The lowest BCUT2D eigenvalue weighted by atomic mass is 9.98. The molecule has 2 saturated heterocycles. The number of methoxy groups -OCH3 is 1. The van der Waals surface area contributed by atoms with Crippen LogP contribution in [0.4, 0.5) is 0 Å². The van der Waals surface area contributed by atoms with E-state index in [2.05, 4.69) is 34.9 Å². The molecule has 1 atom stereocenters. The molecule has 0 saturated carbocycles. The summed E-state index contributed by atoms with van der Waals surface area (Å²) in [6.45, 7) is 15.9. The van der Waals surface area contributed by atoms with E-state index in [0.717, 1.165) is 63.0 Å². The number of nitrogens with zero attached hydrogens (tertiary/aromatic N) is 3. The Bertz CT molecular complexity index is 1750. The predicted molar refractivity (Wildman–Crippen MR) is 208 cm³/mol. The molecule has 2 aliphatic heterocycles. The third-order valence-corrected chi connectivity index (χ3v) is 10.4. The second kappa shape index (κ2) is 18.3. The van der Waals surface area contributed by atoms with Crippen molar-refractivity contribution in [1.29, 1.82) is 0 Å². The number of hydrogen-bond acceptors (Lipinski definition) is 9. The van der Waals surface area contributed by atoms with E-state index < -0.39 is 0 Å². The first-order valence-electron chi connectivity index (χ1n) is 19.1. The number of likely N-dealkylation sites (tertiary alicyclic amines) is 2. The average Bonchev–Trinajstić information content (AvgIpc) is 3.79. The van der Waals surface area contributed by atoms with Crippen LogP contribution in [-0.2, 0) is 12.8 Å². The summed E-state index contributed by atoms with van der Waals surface area (Å²) in [5.41, 5.74) is 3.93. The summed E-state index contributed by atoms with van der Waals surface area (Å²) in [5, 5.41) is 12.3. The van der Waals surface area contributed by atoms with Crippen LogP contribution in [0, 0.1) is 0 Å². The smallest absolute Gasteiger partial charge is 0.204 e. The third-order valence-electron chi connectivity index (χ3n) is 10.4. The lowest BCUT2D eigenvalue weighted by Gasteiger charge is -2.20. The molecule has 3 heterocycles. The monoisotopic (exact) mass is 703 g/mol. The molecule has 1 N–H and O–H groups in total. The van der Waals surface area contributed by atoms with Crippen molar-refractivity contribution in [2.75, 3.05) is 73.7 Å². The van der Waals surface area contributed by atoms with Gasteiger partial charge in [0, 0.05) is 35.8 Å². The van der Waals surface area contributed by atoms with Gasteiger partial charge < -0.3 is 38.4 Å². The fraction of sp³-hybridized carbons (Fsp3) is 0.595. The zero-order valence-corrected chi connectivity index (χ0v) is 32.2. The van der Waals surface area contributed by atoms with E-state index in [1.54, 1.807) is 19.2 Å². The van der Waals surface area contributed by atoms with E-state index in [4.69, 9.17) is 18.6 Å². The standard InChI is InChI=1S/C42H61N3O6/c1-29(2)14-16-32-34(49-24-12-10-21-44-19-8-9-20-44)26-36-39(40(32)46)41(47)38-33(17-15-30(3)4)42(48-7)37(27-35(38)51-36)50-25-13-11-22-45-23-18-31(28-45)43(5)6/h14-15,26-27,31,46H,8-13,16-25,28H2,1-7H3. The van der Waals surface area contributed by atoms with Gasteiger partial charge in [0.25, 0.3) is 0 Å². The van der Waals surface area contributed by atoms with Crippen molar-refractivity contribution in [2.45, 2.75) is 91.5 Å². The second-order valence-electron chi connectivity index (χ2n) is 15.1. The zero-order valence-electron chi connectivity index (χ0n) is 32.2. The van der Waals surface area contributed by atoms with Crippen LogP contribution in [0.1, 0.15) is 83.8 Å². The van der Waals surface area contributed by atoms with Gasteiger partial charge in [-0.25, -0.2) is 0 Å². The second-order valence-corrected chi connectivity index (χ2v) is 15.1. The molecule has 0 bridgehead atoms. The molecule has 2 fully saturated rings. The number of unbranched alkanes of at least 4 members (excludes halogenated alkanes) is 2. The molecular weight excluding hydrogens is 642 g/mol. The predicted octanol–water partition coefficient (Wildman–Crippen LogP) is 7.73. The minimum absolute atomic E-state index is 0.0879. The number of benzene rings is 2. The summed E-state index contributed by atoms with van der Waals surface area (Å²) < 4.78 is 25.2. The number of rotatable bonds is 18. The lowest BCUT2D eigenvalue weighted by molar-refractivity contribution is 0.250. The fourth-order valence-electron chi connectivity index (χ4n) is 7.35. The maximum absolute atomic E-state index is 14.5. The summed E-state index contributed by atoms with van der Waals surface area (Å²) in [7, 11) is 5.93. The summed E-state index contributed by atoms with van der Waals surface area (Å²) in [6, 6.07) is 4.19. The Morgan fingerprint density at radius 3 is 2.04 bits per heavy atom. The molecule has 0 radical (unpaired) electrons. The number of allylic oxidation sites excluding steroid dienone is 4. The number of phenolic OH excluding ortho intramolecular Hbond substituents is 1. The highest BCUT2D eigenvalue weighted by Gasteiger charge is 2.25. The maximum atomic E-state index is 14.5. The van der Waals surface area contributed by atoms with Gasteiger partial charge in [0.15, 0.2) is 11.5 Å².